The van der Waals surface area contributed by atoms with Crippen LogP contribution in [0.3, 0.4) is 0 Å². The SMILES string of the molecule is CCN(CC)c1ccc(NC(C)c2ccccn2)cn1. The largest absolute Gasteiger partial charge is 0.376 e. The molecule has 1 unspecified atom stereocenters. The van der Waals surface area contributed by atoms with Crippen LogP contribution in [0, 0.1) is 0 Å². The molecule has 1 N–H and O–H groups in total. The fourth-order valence-electron chi connectivity index (χ4n) is 2.16. The van der Waals surface area contributed by atoms with Gasteiger partial charge in [0.05, 0.1) is 23.6 Å². The van der Waals surface area contributed by atoms with Crippen molar-refractivity contribution in [2.45, 2.75) is 26.8 Å². The van der Waals surface area contributed by atoms with Crippen molar-refractivity contribution in [3.63, 3.8) is 0 Å². The van der Waals surface area contributed by atoms with Gasteiger partial charge in [0.2, 0.25) is 0 Å². The third kappa shape index (κ3) is 3.47. The quantitative estimate of drug-likeness (QED) is 0.872. The van der Waals surface area contributed by atoms with Crippen LogP contribution in [0.1, 0.15) is 32.5 Å². The first-order chi connectivity index (χ1) is 9.74. The summed E-state index contributed by atoms with van der Waals surface area (Å²) in [6.07, 6.45) is 3.70. The standard InChI is InChI=1S/C16H22N4/c1-4-20(5-2)16-10-9-14(12-18-16)19-13(3)15-8-6-7-11-17-15/h6-13,19H,4-5H2,1-3H3. The molecule has 1 atom stereocenters. The molecule has 0 aliphatic carbocycles. The van der Waals surface area contributed by atoms with E-state index in [1.807, 2.05) is 30.6 Å². The molecule has 2 rings (SSSR count). The van der Waals surface area contributed by atoms with Gasteiger partial charge in [0, 0.05) is 19.3 Å². The zero-order chi connectivity index (χ0) is 14.4. The molecule has 2 aromatic rings. The first-order valence-corrected chi connectivity index (χ1v) is 7.13. The van der Waals surface area contributed by atoms with Crippen molar-refractivity contribution in [2.75, 3.05) is 23.3 Å². The summed E-state index contributed by atoms with van der Waals surface area (Å²) in [5.41, 5.74) is 2.04. The second kappa shape index (κ2) is 6.89. The van der Waals surface area contributed by atoms with Gasteiger partial charge in [-0.05, 0) is 45.0 Å². The molecule has 0 fully saturated rings. The summed E-state index contributed by atoms with van der Waals surface area (Å²) in [6, 6.07) is 10.2. The number of pyridine rings is 2. The average molecular weight is 270 g/mol. The number of hydrogen-bond acceptors (Lipinski definition) is 4. The number of hydrogen-bond donors (Lipinski definition) is 1. The molecule has 2 heterocycles. The molecular formula is C16H22N4. The Kier molecular flexibility index (Phi) is 4.93. The summed E-state index contributed by atoms with van der Waals surface area (Å²) >= 11 is 0. The normalized spacial score (nSPS) is 11.9. The second-order valence-corrected chi connectivity index (χ2v) is 4.70. The zero-order valence-electron chi connectivity index (χ0n) is 12.4. The molecule has 0 spiro atoms. The highest BCUT2D eigenvalue weighted by molar-refractivity contribution is 5.49. The van der Waals surface area contributed by atoms with Crippen LogP contribution in [-0.2, 0) is 0 Å². The fraction of sp³-hybridized carbons (Fsp3) is 0.375. The van der Waals surface area contributed by atoms with E-state index in [0.717, 1.165) is 30.3 Å². The topological polar surface area (TPSA) is 41.0 Å². The van der Waals surface area contributed by atoms with Crippen LogP contribution in [0.4, 0.5) is 11.5 Å². The molecule has 20 heavy (non-hydrogen) atoms. The third-order valence-electron chi connectivity index (χ3n) is 3.35. The van der Waals surface area contributed by atoms with Crippen LogP contribution >= 0.6 is 0 Å². The predicted molar refractivity (Wildman–Crippen MR) is 84.1 cm³/mol. The highest BCUT2D eigenvalue weighted by Gasteiger charge is 2.07. The minimum Gasteiger partial charge on any atom is -0.376 e. The van der Waals surface area contributed by atoms with Gasteiger partial charge < -0.3 is 10.2 Å². The first-order valence-electron chi connectivity index (χ1n) is 7.13. The van der Waals surface area contributed by atoms with E-state index in [2.05, 4.69) is 53.1 Å². The maximum Gasteiger partial charge on any atom is 0.128 e. The molecule has 4 heteroatoms. The number of nitrogens with one attached hydrogen (secondary N) is 1. The number of anilines is 2. The van der Waals surface area contributed by atoms with Crippen molar-refractivity contribution in [3.05, 3.63) is 48.4 Å². The van der Waals surface area contributed by atoms with E-state index in [9.17, 15) is 0 Å². The summed E-state index contributed by atoms with van der Waals surface area (Å²) in [5, 5.41) is 3.42. The van der Waals surface area contributed by atoms with E-state index in [1.54, 1.807) is 0 Å². The second-order valence-electron chi connectivity index (χ2n) is 4.70. The van der Waals surface area contributed by atoms with E-state index in [-0.39, 0.29) is 6.04 Å². The highest BCUT2D eigenvalue weighted by atomic mass is 15.2. The summed E-state index contributed by atoms with van der Waals surface area (Å²) in [7, 11) is 0. The lowest BCUT2D eigenvalue weighted by Crippen LogP contribution is -2.22. The summed E-state index contributed by atoms with van der Waals surface area (Å²) in [4.78, 5) is 11.1. The van der Waals surface area contributed by atoms with Gasteiger partial charge in [-0.15, -0.1) is 0 Å². The van der Waals surface area contributed by atoms with E-state index >= 15 is 0 Å². The lowest BCUT2D eigenvalue weighted by atomic mass is 10.2. The maximum atomic E-state index is 4.51. The van der Waals surface area contributed by atoms with Crippen molar-refractivity contribution >= 4 is 11.5 Å². The smallest absolute Gasteiger partial charge is 0.128 e. The Balaban J connectivity index is 2.04. The Morgan fingerprint density at radius 3 is 2.45 bits per heavy atom. The number of aromatic nitrogens is 2. The molecule has 0 saturated carbocycles. The maximum absolute atomic E-state index is 4.51. The molecule has 0 aliphatic heterocycles. The summed E-state index contributed by atoms with van der Waals surface area (Å²) < 4.78 is 0. The van der Waals surface area contributed by atoms with Crippen LogP contribution < -0.4 is 10.2 Å². The number of rotatable bonds is 6. The van der Waals surface area contributed by atoms with Gasteiger partial charge >= 0.3 is 0 Å². The van der Waals surface area contributed by atoms with E-state index < -0.39 is 0 Å². The Labute approximate surface area is 120 Å². The van der Waals surface area contributed by atoms with E-state index in [4.69, 9.17) is 0 Å². The Morgan fingerprint density at radius 2 is 1.90 bits per heavy atom. The van der Waals surface area contributed by atoms with Crippen LogP contribution in [0.15, 0.2) is 42.7 Å². The van der Waals surface area contributed by atoms with E-state index in [1.165, 1.54) is 0 Å². The molecule has 0 aliphatic rings. The molecule has 2 aromatic heterocycles. The summed E-state index contributed by atoms with van der Waals surface area (Å²) in [5.74, 6) is 1.02. The highest BCUT2D eigenvalue weighted by Crippen LogP contribution is 2.19. The molecule has 0 saturated heterocycles. The van der Waals surface area contributed by atoms with Crippen LogP contribution in [0.25, 0.3) is 0 Å². The van der Waals surface area contributed by atoms with Crippen molar-refractivity contribution < 1.29 is 0 Å². The minimum absolute atomic E-state index is 0.164. The van der Waals surface area contributed by atoms with Gasteiger partial charge in [-0.25, -0.2) is 4.98 Å². The molecule has 106 valence electrons. The molecule has 0 aromatic carbocycles. The van der Waals surface area contributed by atoms with Crippen molar-refractivity contribution in [2.24, 2.45) is 0 Å². The predicted octanol–water partition coefficient (Wildman–Crippen LogP) is 3.50. The molecule has 0 amide bonds. The van der Waals surface area contributed by atoms with Crippen molar-refractivity contribution in [1.82, 2.24) is 9.97 Å². The third-order valence-corrected chi connectivity index (χ3v) is 3.35. The van der Waals surface area contributed by atoms with Crippen molar-refractivity contribution in [3.8, 4) is 0 Å². The number of nitrogens with zero attached hydrogens (tertiary/aromatic N) is 3. The minimum atomic E-state index is 0.164. The molecule has 4 nitrogen and oxygen atoms in total. The van der Waals surface area contributed by atoms with Gasteiger partial charge in [0.1, 0.15) is 5.82 Å². The Bertz CT molecular complexity index is 506. The van der Waals surface area contributed by atoms with Gasteiger partial charge in [-0.2, -0.15) is 0 Å². The van der Waals surface area contributed by atoms with Gasteiger partial charge in [0.15, 0.2) is 0 Å². The first kappa shape index (κ1) is 14.3. The molecule has 0 radical (unpaired) electrons. The average Bonchev–Trinajstić information content (AvgIpc) is 2.51. The van der Waals surface area contributed by atoms with Gasteiger partial charge in [-0.1, -0.05) is 6.07 Å². The lowest BCUT2D eigenvalue weighted by molar-refractivity contribution is 0.831. The Hall–Kier alpha value is -2.10. The molecule has 0 bridgehead atoms. The van der Waals surface area contributed by atoms with Crippen molar-refractivity contribution in [1.29, 1.82) is 0 Å². The van der Waals surface area contributed by atoms with Gasteiger partial charge in [0.25, 0.3) is 0 Å². The molecular weight excluding hydrogens is 248 g/mol. The van der Waals surface area contributed by atoms with Crippen LogP contribution in [0.5, 0.6) is 0 Å². The van der Waals surface area contributed by atoms with E-state index in [0.29, 0.717) is 0 Å². The summed E-state index contributed by atoms with van der Waals surface area (Å²) in [6.45, 7) is 8.32. The zero-order valence-corrected chi connectivity index (χ0v) is 12.4. The van der Waals surface area contributed by atoms with Gasteiger partial charge in [-0.3, -0.25) is 4.98 Å². The monoisotopic (exact) mass is 270 g/mol. The fourth-order valence-corrected chi connectivity index (χ4v) is 2.16. The van der Waals surface area contributed by atoms with Crippen LogP contribution in [0.2, 0.25) is 0 Å². The van der Waals surface area contributed by atoms with Crippen LogP contribution in [-0.4, -0.2) is 23.1 Å². The Morgan fingerprint density at radius 1 is 1.10 bits per heavy atom. The lowest BCUT2D eigenvalue weighted by Gasteiger charge is -2.20.